The van der Waals surface area contributed by atoms with Crippen molar-refractivity contribution in [2.24, 2.45) is 5.92 Å². The summed E-state index contributed by atoms with van der Waals surface area (Å²) in [6.45, 7) is 11.2. The van der Waals surface area contributed by atoms with Gasteiger partial charge in [0, 0.05) is 13.1 Å². The van der Waals surface area contributed by atoms with Gasteiger partial charge in [0.2, 0.25) is 0 Å². The molecule has 0 radical (unpaired) electrons. The largest absolute Gasteiger partial charge is 0.337 e. The fraction of sp³-hybridized carbons (Fsp3) is 0.346. The van der Waals surface area contributed by atoms with Gasteiger partial charge in [-0.3, -0.25) is 9.36 Å². The second-order valence-electron chi connectivity index (χ2n) is 9.21. The van der Waals surface area contributed by atoms with Gasteiger partial charge in [-0.25, -0.2) is 14.3 Å². The van der Waals surface area contributed by atoms with Gasteiger partial charge in [0.25, 0.3) is 5.56 Å². The van der Waals surface area contributed by atoms with Crippen LogP contribution in [-0.4, -0.2) is 18.7 Å². The first-order valence-corrected chi connectivity index (χ1v) is 11.1. The summed E-state index contributed by atoms with van der Waals surface area (Å²) >= 11 is 0. The van der Waals surface area contributed by atoms with Crippen molar-refractivity contribution in [3.8, 4) is 5.69 Å². The van der Waals surface area contributed by atoms with Gasteiger partial charge in [0.1, 0.15) is 0 Å². The summed E-state index contributed by atoms with van der Waals surface area (Å²) in [5.74, 6) is 0.548. The third-order valence-corrected chi connectivity index (χ3v) is 5.70. The van der Waals surface area contributed by atoms with Gasteiger partial charge in [-0.2, -0.15) is 0 Å². The fourth-order valence-electron chi connectivity index (χ4n) is 4.07. The maximum Gasteiger partial charge on any atom is 0.337 e. The van der Waals surface area contributed by atoms with Gasteiger partial charge in [-0.05, 0) is 42.0 Å². The molecule has 2 heterocycles. The molecule has 32 heavy (non-hydrogen) atoms. The Bertz CT molecular complexity index is 1370. The number of nitrogens with zero attached hydrogens (tertiary/aromatic N) is 4. The Hall–Kier alpha value is -3.41. The highest BCUT2D eigenvalue weighted by molar-refractivity contribution is 5.72. The molecule has 0 spiro atoms. The van der Waals surface area contributed by atoms with Gasteiger partial charge in [0.15, 0.2) is 11.2 Å². The van der Waals surface area contributed by atoms with Crippen molar-refractivity contribution in [1.29, 1.82) is 0 Å². The van der Waals surface area contributed by atoms with E-state index in [9.17, 15) is 9.59 Å². The van der Waals surface area contributed by atoms with Crippen molar-refractivity contribution in [3.05, 3.63) is 92.4 Å². The predicted molar refractivity (Wildman–Crippen MR) is 129 cm³/mol. The van der Waals surface area contributed by atoms with Gasteiger partial charge in [0.05, 0.1) is 12.0 Å². The van der Waals surface area contributed by atoms with Crippen molar-refractivity contribution in [1.82, 2.24) is 18.7 Å². The van der Waals surface area contributed by atoms with Crippen LogP contribution in [0.4, 0.5) is 0 Å². The van der Waals surface area contributed by atoms with Crippen molar-refractivity contribution >= 4 is 11.2 Å². The lowest BCUT2D eigenvalue weighted by Crippen LogP contribution is -2.41. The molecule has 2 aromatic heterocycles. The van der Waals surface area contributed by atoms with E-state index in [-0.39, 0.29) is 17.2 Å². The number of aromatic nitrogens is 4. The summed E-state index contributed by atoms with van der Waals surface area (Å²) in [5, 5.41) is 0. The number of fused-ring (bicyclic) bond motifs is 1. The van der Waals surface area contributed by atoms with Crippen LogP contribution in [0.5, 0.6) is 0 Å². The minimum Gasteiger partial charge on any atom is -0.320 e. The molecular formula is C26H30N4O2. The van der Waals surface area contributed by atoms with Crippen LogP contribution in [0.2, 0.25) is 0 Å². The zero-order valence-electron chi connectivity index (χ0n) is 19.4. The van der Waals surface area contributed by atoms with Gasteiger partial charge in [-0.1, -0.05) is 69.7 Å². The molecule has 0 amide bonds. The average Bonchev–Trinajstić information content (AvgIpc) is 3.14. The van der Waals surface area contributed by atoms with Gasteiger partial charge in [-0.15, -0.1) is 0 Å². The minimum absolute atomic E-state index is 0.155. The molecular weight excluding hydrogens is 400 g/mol. The quantitative estimate of drug-likeness (QED) is 0.453. The molecule has 0 saturated heterocycles. The van der Waals surface area contributed by atoms with E-state index >= 15 is 0 Å². The van der Waals surface area contributed by atoms with Crippen LogP contribution in [0.3, 0.4) is 0 Å². The van der Waals surface area contributed by atoms with Gasteiger partial charge >= 0.3 is 5.69 Å². The van der Waals surface area contributed by atoms with Crippen LogP contribution in [0, 0.1) is 12.8 Å². The molecule has 0 unspecified atom stereocenters. The van der Waals surface area contributed by atoms with E-state index in [1.54, 1.807) is 10.9 Å². The van der Waals surface area contributed by atoms with E-state index in [1.165, 1.54) is 10.1 Å². The highest BCUT2D eigenvalue weighted by Gasteiger charge is 2.20. The number of benzene rings is 2. The minimum atomic E-state index is -0.352. The fourth-order valence-corrected chi connectivity index (χ4v) is 4.07. The first-order valence-electron chi connectivity index (χ1n) is 11.1. The van der Waals surface area contributed by atoms with Gasteiger partial charge < -0.3 is 4.57 Å². The summed E-state index contributed by atoms with van der Waals surface area (Å²) in [4.78, 5) is 31.4. The number of hydrogen-bond acceptors (Lipinski definition) is 3. The Morgan fingerprint density at radius 1 is 0.969 bits per heavy atom. The van der Waals surface area contributed by atoms with E-state index in [1.807, 2.05) is 67.8 Å². The summed E-state index contributed by atoms with van der Waals surface area (Å²) in [6, 6.07) is 16.1. The number of imidazole rings is 1. The van der Waals surface area contributed by atoms with Crippen LogP contribution < -0.4 is 11.2 Å². The Morgan fingerprint density at radius 3 is 2.31 bits per heavy atom. The second kappa shape index (κ2) is 8.61. The Balaban J connectivity index is 1.96. The Kier molecular flexibility index (Phi) is 5.87. The van der Waals surface area contributed by atoms with E-state index in [2.05, 4.69) is 24.9 Å². The first kappa shape index (κ1) is 21.8. The van der Waals surface area contributed by atoms with E-state index in [0.717, 1.165) is 11.1 Å². The summed E-state index contributed by atoms with van der Waals surface area (Å²) in [5.41, 5.74) is 4.34. The number of hydrogen-bond donors (Lipinski definition) is 0. The molecule has 0 fully saturated rings. The summed E-state index contributed by atoms with van der Waals surface area (Å²) < 4.78 is 4.76. The number of rotatable bonds is 6. The smallest absolute Gasteiger partial charge is 0.320 e. The second-order valence-corrected chi connectivity index (χ2v) is 9.21. The lowest BCUT2D eigenvalue weighted by atomic mass is 10.0. The van der Waals surface area contributed by atoms with Crippen LogP contribution in [0.15, 0.2) is 64.4 Å². The van der Waals surface area contributed by atoms with Crippen molar-refractivity contribution in [2.75, 3.05) is 0 Å². The normalized spacial score (nSPS) is 11.7. The lowest BCUT2D eigenvalue weighted by molar-refractivity contribution is 0.489. The molecule has 0 aliphatic heterocycles. The zero-order chi connectivity index (χ0) is 23.0. The molecule has 0 N–H and O–H groups in total. The molecule has 0 saturated carbocycles. The van der Waals surface area contributed by atoms with Crippen molar-refractivity contribution in [3.63, 3.8) is 0 Å². The van der Waals surface area contributed by atoms with Crippen molar-refractivity contribution < 1.29 is 0 Å². The molecule has 2 aromatic carbocycles. The lowest BCUT2D eigenvalue weighted by Gasteiger charge is -2.15. The van der Waals surface area contributed by atoms with E-state index in [4.69, 9.17) is 0 Å². The molecule has 166 valence electrons. The third kappa shape index (κ3) is 4.05. The summed E-state index contributed by atoms with van der Waals surface area (Å²) in [7, 11) is 0. The van der Waals surface area contributed by atoms with Crippen LogP contribution in [-0.2, 0) is 13.1 Å². The topological polar surface area (TPSA) is 61.8 Å². The standard InChI is InChI=1S/C26H30N4O2/c1-17(2)14-29-25(31)23-24(27-16-28(23)15-20-8-6-7-19(5)13-20)30(26(29)32)22-11-9-21(10-12-22)18(3)4/h6-13,16-18H,14-15H2,1-5H3. The Labute approximate surface area is 187 Å². The maximum atomic E-state index is 13.4. The average molecular weight is 431 g/mol. The zero-order valence-corrected chi connectivity index (χ0v) is 19.4. The van der Waals surface area contributed by atoms with E-state index in [0.29, 0.717) is 35.9 Å². The molecule has 0 bridgehead atoms. The third-order valence-electron chi connectivity index (χ3n) is 5.70. The Morgan fingerprint density at radius 2 is 1.69 bits per heavy atom. The molecule has 0 aliphatic carbocycles. The van der Waals surface area contributed by atoms with Crippen LogP contribution >= 0.6 is 0 Å². The highest BCUT2D eigenvalue weighted by Crippen LogP contribution is 2.19. The molecule has 4 aromatic rings. The molecule has 6 nitrogen and oxygen atoms in total. The summed E-state index contributed by atoms with van der Waals surface area (Å²) in [6.07, 6.45) is 1.66. The molecule has 0 atom stereocenters. The monoisotopic (exact) mass is 430 g/mol. The number of aryl methyl sites for hydroxylation is 1. The van der Waals surface area contributed by atoms with E-state index < -0.39 is 0 Å². The predicted octanol–water partition coefficient (Wildman–Crippen LogP) is 4.49. The van der Waals surface area contributed by atoms with Crippen LogP contribution in [0.1, 0.15) is 50.3 Å². The molecule has 0 aliphatic rings. The first-order chi connectivity index (χ1) is 15.3. The molecule has 4 rings (SSSR count). The SMILES string of the molecule is Cc1cccc(Cn2cnc3c2c(=O)n(CC(C)C)c(=O)n3-c2ccc(C(C)C)cc2)c1. The van der Waals surface area contributed by atoms with Crippen molar-refractivity contribution in [2.45, 2.75) is 53.6 Å². The highest BCUT2D eigenvalue weighted by atomic mass is 16.2. The van der Waals surface area contributed by atoms with Crippen LogP contribution in [0.25, 0.3) is 16.9 Å². The maximum absolute atomic E-state index is 13.4. The molecule has 6 heteroatoms.